The van der Waals surface area contributed by atoms with Gasteiger partial charge in [0.25, 0.3) is 0 Å². The molecule has 0 radical (unpaired) electrons. The lowest BCUT2D eigenvalue weighted by molar-refractivity contribution is 1.08. The highest BCUT2D eigenvalue weighted by Gasteiger charge is 2.21. The van der Waals surface area contributed by atoms with E-state index in [4.69, 9.17) is 15.0 Å². The Morgan fingerprint density at radius 3 is 1.29 bits per heavy atom. The predicted molar refractivity (Wildman–Crippen MR) is 248 cm³/mol. The first kappa shape index (κ1) is 33.1. The lowest BCUT2D eigenvalue weighted by atomic mass is 9.92. The van der Waals surface area contributed by atoms with Gasteiger partial charge in [-0.15, -0.1) is 22.7 Å². The Morgan fingerprint density at radius 2 is 0.707 bits per heavy atom. The summed E-state index contributed by atoms with van der Waals surface area (Å²) >= 11 is 3.59. The van der Waals surface area contributed by atoms with E-state index in [-0.39, 0.29) is 0 Å². The van der Waals surface area contributed by atoms with Gasteiger partial charge in [-0.2, -0.15) is 0 Å². The molecule has 0 saturated carbocycles. The Labute approximate surface area is 342 Å². The van der Waals surface area contributed by atoms with Crippen LogP contribution in [0, 0.1) is 0 Å². The second-order valence-electron chi connectivity index (χ2n) is 14.8. The van der Waals surface area contributed by atoms with Crippen LogP contribution in [0.2, 0.25) is 0 Å². The Balaban J connectivity index is 1.13. The number of aromatic nitrogens is 3. The topological polar surface area (TPSA) is 38.7 Å². The van der Waals surface area contributed by atoms with Crippen LogP contribution in [-0.4, -0.2) is 15.0 Å². The highest BCUT2D eigenvalue weighted by molar-refractivity contribution is 7.26. The molecule has 0 aliphatic heterocycles. The van der Waals surface area contributed by atoms with E-state index < -0.39 is 0 Å². The molecule has 0 aliphatic carbocycles. The lowest BCUT2D eigenvalue weighted by Crippen LogP contribution is -2.01. The monoisotopic (exact) mass is 773 g/mol. The molecule has 0 amide bonds. The van der Waals surface area contributed by atoms with Crippen LogP contribution in [0.15, 0.2) is 188 Å². The highest BCUT2D eigenvalue weighted by atomic mass is 32.1. The molecule has 12 aromatic rings. The van der Waals surface area contributed by atoms with Crippen molar-refractivity contribution >= 4 is 84.6 Å². The molecule has 58 heavy (non-hydrogen) atoms. The van der Waals surface area contributed by atoms with E-state index in [0.717, 1.165) is 38.9 Å². The summed E-state index contributed by atoms with van der Waals surface area (Å²) in [7, 11) is 0. The van der Waals surface area contributed by atoms with E-state index in [9.17, 15) is 0 Å². The number of hydrogen-bond acceptors (Lipinski definition) is 5. The van der Waals surface area contributed by atoms with Crippen molar-refractivity contribution in [2.45, 2.75) is 0 Å². The van der Waals surface area contributed by atoms with Crippen LogP contribution in [0.25, 0.3) is 118 Å². The molecule has 0 atom stereocenters. The molecule has 9 aromatic carbocycles. The normalized spacial score (nSPS) is 11.8. The molecule has 3 nitrogen and oxygen atoms in total. The Bertz CT molecular complexity index is 3470. The Kier molecular flexibility index (Phi) is 7.58. The first-order valence-electron chi connectivity index (χ1n) is 19.4. The van der Waals surface area contributed by atoms with Gasteiger partial charge in [-0.3, -0.25) is 0 Å². The van der Waals surface area contributed by atoms with Crippen molar-refractivity contribution in [2.24, 2.45) is 0 Å². The predicted octanol–water partition coefficient (Wildman–Crippen LogP) is 15.2. The average molecular weight is 774 g/mol. The minimum absolute atomic E-state index is 0.643. The van der Waals surface area contributed by atoms with Crippen molar-refractivity contribution in [2.75, 3.05) is 0 Å². The maximum absolute atomic E-state index is 5.42. The van der Waals surface area contributed by atoms with Crippen molar-refractivity contribution in [1.82, 2.24) is 15.0 Å². The van der Waals surface area contributed by atoms with Crippen molar-refractivity contribution in [3.63, 3.8) is 0 Å². The van der Waals surface area contributed by atoms with Gasteiger partial charge < -0.3 is 0 Å². The second-order valence-corrected chi connectivity index (χ2v) is 16.9. The molecule has 0 bridgehead atoms. The van der Waals surface area contributed by atoms with Gasteiger partial charge in [-0.1, -0.05) is 140 Å². The zero-order chi connectivity index (χ0) is 38.2. The fourth-order valence-electron chi connectivity index (χ4n) is 8.47. The minimum atomic E-state index is 0.643. The average Bonchev–Trinajstić information content (AvgIpc) is 3.87. The third-order valence-electron chi connectivity index (χ3n) is 11.3. The van der Waals surface area contributed by atoms with Crippen molar-refractivity contribution < 1.29 is 0 Å². The molecule has 0 unspecified atom stereocenters. The third-order valence-corrected chi connectivity index (χ3v) is 13.8. The van der Waals surface area contributed by atoms with Crippen LogP contribution < -0.4 is 0 Å². The molecule has 0 fully saturated rings. The number of thiophene rings is 2. The standard InChI is InChI=1S/C53H31N3S2/c1-3-13-34-29-36(25-23-32(34)11-1)37-27-28-43(46(31-37)38-26-24-33-12-2-4-14-35(33)30-38)51-54-52(44-19-9-17-41-39-15-5-7-21-47(39)57-49(41)44)56-53(55-51)45-20-10-18-42-40-16-6-8-22-48(40)58-50(42)45/h1-31H. The summed E-state index contributed by atoms with van der Waals surface area (Å²) in [6.07, 6.45) is 0. The molecule has 270 valence electrons. The van der Waals surface area contributed by atoms with Crippen LogP contribution in [0.4, 0.5) is 0 Å². The fourth-order valence-corrected chi connectivity index (χ4v) is 10.9. The molecule has 0 aliphatic rings. The summed E-state index contributed by atoms with van der Waals surface area (Å²) < 4.78 is 4.84. The molecule has 12 rings (SSSR count). The molecule has 3 aromatic heterocycles. The maximum Gasteiger partial charge on any atom is 0.165 e. The lowest BCUT2D eigenvalue weighted by Gasteiger charge is -2.15. The molecule has 0 N–H and O–H groups in total. The Hall–Kier alpha value is -7.05. The Morgan fingerprint density at radius 1 is 0.276 bits per heavy atom. The van der Waals surface area contributed by atoms with Crippen LogP contribution in [0.3, 0.4) is 0 Å². The van der Waals surface area contributed by atoms with Crippen LogP contribution >= 0.6 is 22.7 Å². The molecule has 3 heterocycles. The van der Waals surface area contributed by atoms with E-state index in [1.807, 2.05) is 0 Å². The number of rotatable bonds is 5. The smallest absolute Gasteiger partial charge is 0.165 e. The van der Waals surface area contributed by atoms with E-state index in [1.54, 1.807) is 22.7 Å². The second kappa shape index (κ2) is 13.3. The number of nitrogens with zero attached hydrogens (tertiary/aromatic N) is 3. The van der Waals surface area contributed by atoms with Crippen molar-refractivity contribution in [3.05, 3.63) is 188 Å². The summed E-state index contributed by atoms with van der Waals surface area (Å²) in [4.78, 5) is 16.2. The van der Waals surface area contributed by atoms with Crippen LogP contribution in [0.5, 0.6) is 0 Å². The quantitative estimate of drug-likeness (QED) is 0.175. The zero-order valence-electron chi connectivity index (χ0n) is 31.1. The van der Waals surface area contributed by atoms with Gasteiger partial charge >= 0.3 is 0 Å². The van der Waals surface area contributed by atoms with E-state index in [2.05, 4.69) is 188 Å². The molecule has 5 heteroatoms. The maximum atomic E-state index is 5.42. The molecular formula is C53H31N3S2. The number of hydrogen-bond donors (Lipinski definition) is 0. The molecule has 0 saturated heterocycles. The minimum Gasteiger partial charge on any atom is -0.208 e. The van der Waals surface area contributed by atoms with Gasteiger partial charge in [0, 0.05) is 57.0 Å². The first-order valence-corrected chi connectivity index (χ1v) is 21.1. The van der Waals surface area contributed by atoms with Gasteiger partial charge in [0.15, 0.2) is 17.5 Å². The highest BCUT2D eigenvalue weighted by Crippen LogP contribution is 2.43. The van der Waals surface area contributed by atoms with Gasteiger partial charge in [0.1, 0.15) is 0 Å². The first-order chi connectivity index (χ1) is 28.7. The van der Waals surface area contributed by atoms with E-state index in [1.165, 1.54) is 61.9 Å². The summed E-state index contributed by atoms with van der Waals surface area (Å²) in [6, 6.07) is 67.5. The summed E-state index contributed by atoms with van der Waals surface area (Å²) in [6.45, 7) is 0. The fraction of sp³-hybridized carbons (Fsp3) is 0. The SMILES string of the molecule is c1ccc2cc(-c3ccc(-c4nc(-c5cccc6c5sc5ccccc56)nc(-c5cccc6c5sc5ccccc56)n4)c(-c4ccc5ccccc5c4)c3)ccc2c1. The summed E-state index contributed by atoms with van der Waals surface area (Å²) in [5.41, 5.74) is 7.45. The third kappa shape index (κ3) is 5.43. The largest absolute Gasteiger partial charge is 0.208 e. The zero-order valence-corrected chi connectivity index (χ0v) is 32.7. The number of fused-ring (bicyclic) bond motifs is 8. The van der Waals surface area contributed by atoms with Gasteiger partial charge in [0.2, 0.25) is 0 Å². The molecular weight excluding hydrogens is 743 g/mol. The summed E-state index contributed by atoms with van der Waals surface area (Å²) in [5.74, 6) is 1.97. The molecule has 0 spiro atoms. The van der Waals surface area contributed by atoms with Crippen LogP contribution in [0.1, 0.15) is 0 Å². The van der Waals surface area contributed by atoms with E-state index in [0.29, 0.717) is 17.5 Å². The van der Waals surface area contributed by atoms with Gasteiger partial charge in [-0.05, 0) is 92.3 Å². The van der Waals surface area contributed by atoms with Crippen molar-refractivity contribution in [1.29, 1.82) is 0 Å². The number of benzene rings is 9. The summed E-state index contributed by atoms with van der Waals surface area (Å²) in [5, 5.41) is 9.75. The van der Waals surface area contributed by atoms with Crippen LogP contribution in [-0.2, 0) is 0 Å². The van der Waals surface area contributed by atoms with Gasteiger partial charge in [-0.25, -0.2) is 15.0 Å². The van der Waals surface area contributed by atoms with Crippen molar-refractivity contribution in [3.8, 4) is 56.4 Å². The van der Waals surface area contributed by atoms with Gasteiger partial charge in [0.05, 0.1) is 0 Å². The van der Waals surface area contributed by atoms with E-state index >= 15 is 0 Å².